The lowest BCUT2D eigenvalue weighted by Gasteiger charge is -2.28. The third kappa shape index (κ3) is 4.93. The van der Waals surface area contributed by atoms with Gasteiger partial charge in [0.05, 0.1) is 17.8 Å². The first-order valence-electron chi connectivity index (χ1n) is 7.78. The molecule has 0 radical (unpaired) electrons. The van der Waals surface area contributed by atoms with Crippen molar-refractivity contribution in [3.8, 4) is 0 Å². The van der Waals surface area contributed by atoms with Gasteiger partial charge in [0.15, 0.2) is 6.10 Å². The molecule has 1 aromatic carbocycles. The Morgan fingerprint density at radius 3 is 2.39 bits per heavy atom. The van der Waals surface area contributed by atoms with Crippen LogP contribution in [0.5, 0.6) is 0 Å². The van der Waals surface area contributed by atoms with Crippen molar-refractivity contribution in [2.75, 3.05) is 0 Å². The number of aromatic nitrogens is 2. The van der Waals surface area contributed by atoms with E-state index in [0.29, 0.717) is 0 Å². The van der Waals surface area contributed by atoms with Crippen LogP contribution in [0.1, 0.15) is 51.0 Å². The van der Waals surface area contributed by atoms with Gasteiger partial charge in [0, 0.05) is 18.8 Å². The molecule has 0 aliphatic carbocycles. The summed E-state index contributed by atoms with van der Waals surface area (Å²) in [5.41, 5.74) is 1.39. The summed E-state index contributed by atoms with van der Waals surface area (Å²) in [4.78, 5) is 12.7. The molecule has 0 saturated carbocycles. The second kappa shape index (κ2) is 6.96. The fourth-order valence-corrected chi connectivity index (χ4v) is 2.29. The Balaban J connectivity index is 2.16. The third-order valence-electron chi connectivity index (χ3n) is 3.40. The molecule has 124 valence electrons. The first-order valence-corrected chi connectivity index (χ1v) is 7.78. The molecule has 1 heterocycles. The van der Waals surface area contributed by atoms with Crippen molar-refractivity contribution in [1.29, 1.82) is 0 Å². The highest BCUT2D eigenvalue weighted by Crippen LogP contribution is 2.25. The van der Waals surface area contributed by atoms with E-state index in [0.717, 1.165) is 11.1 Å². The molecule has 5 heteroatoms. The Hall–Kier alpha value is -2.14. The number of carbonyl (C=O) groups excluding carboxylic acids is 1. The van der Waals surface area contributed by atoms with Crippen LogP contribution in [0.25, 0.3) is 0 Å². The van der Waals surface area contributed by atoms with Gasteiger partial charge in [-0.3, -0.25) is 9.48 Å². The zero-order valence-corrected chi connectivity index (χ0v) is 14.4. The Bertz CT molecular complexity index is 644. The van der Waals surface area contributed by atoms with Crippen LogP contribution in [0.15, 0.2) is 42.7 Å². The minimum Gasteiger partial charge on any atom is -0.358 e. The van der Waals surface area contributed by atoms with Crippen LogP contribution in [0.4, 0.5) is 0 Å². The van der Waals surface area contributed by atoms with E-state index in [-0.39, 0.29) is 11.9 Å². The molecule has 0 saturated heterocycles. The van der Waals surface area contributed by atoms with Gasteiger partial charge in [-0.15, -0.1) is 0 Å². The van der Waals surface area contributed by atoms with E-state index >= 15 is 0 Å². The summed E-state index contributed by atoms with van der Waals surface area (Å²) in [6.45, 7) is 7.77. The van der Waals surface area contributed by atoms with Crippen LogP contribution < -0.4 is 5.32 Å². The highest BCUT2D eigenvalue weighted by Gasteiger charge is 2.28. The number of nitrogens with one attached hydrogen (secondary N) is 1. The average molecular weight is 315 g/mol. The molecule has 1 aromatic heterocycles. The van der Waals surface area contributed by atoms with Crippen molar-refractivity contribution < 1.29 is 9.53 Å². The lowest BCUT2D eigenvalue weighted by atomic mass is 10.1. The average Bonchev–Trinajstić information content (AvgIpc) is 2.91. The molecule has 0 aliphatic heterocycles. The number of benzene rings is 1. The van der Waals surface area contributed by atoms with E-state index in [4.69, 9.17) is 4.74 Å². The van der Waals surface area contributed by atoms with Gasteiger partial charge in [0.2, 0.25) is 0 Å². The number of carbonyl (C=O) groups is 1. The molecule has 0 aliphatic rings. The van der Waals surface area contributed by atoms with Crippen molar-refractivity contribution in [2.45, 2.75) is 45.4 Å². The number of ether oxygens (including phenoxy) is 1. The highest BCUT2D eigenvalue weighted by molar-refractivity contribution is 5.82. The second-order valence-corrected chi connectivity index (χ2v) is 6.70. The van der Waals surface area contributed by atoms with Crippen LogP contribution in [0.2, 0.25) is 0 Å². The summed E-state index contributed by atoms with van der Waals surface area (Å²) in [6.07, 6.45) is 3.01. The molecule has 0 unspecified atom stereocenters. The molecule has 2 atom stereocenters. The van der Waals surface area contributed by atoms with Crippen molar-refractivity contribution in [3.05, 3.63) is 53.9 Å². The molecule has 0 bridgehead atoms. The first-order chi connectivity index (χ1) is 10.8. The van der Waals surface area contributed by atoms with Crippen LogP contribution in [-0.4, -0.2) is 21.3 Å². The minimum atomic E-state index is -0.643. The van der Waals surface area contributed by atoms with E-state index in [1.54, 1.807) is 10.9 Å². The molecule has 0 fully saturated rings. The van der Waals surface area contributed by atoms with Gasteiger partial charge < -0.3 is 10.1 Å². The zero-order chi connectivity index (χ0) is 17.0. The molecular formula is C18H25N3O2. The van der Waals surface area contributed by atoms with Crippen molar-refractivity contribution in [1.82, 2.24) is 15.1 Å². The molecule has 0 spiro atoms. The monoisotopic (exact) mass is 315 g/mol. The molecule has 23 heavy (non-hydrogen) atoms. The summed E-state index contributed by atoms with van der Waals surface area (Å²) in [5.74, 6) is -0.150. The molecule has 1 amide bonds. The van der Waals surface area contributed by atoms with Crippen LogP contribution in [0.3, 0.4) is 0 Å². The van der Waals surface area contributed by atoms with Crippen molar-refractivity contribution in [3.63, 3.8) is 0 Å². The van der Waals surface area contributed by atoms with Gasteiger partial charge in [0.1, 0.15) is 0 Å². The van der Waals surface area contributed by atoms with E-state index in [1.807, 2.05) is 71.3 Å². The SMILES string of the molecule is C[C@@H](NC(=O)[C@@H](OC(C)(C)C)c1ccccc1)c1cnn(C)c1. The number of rotatable bonds is 5. The second-order valence-electron chi connectivity index (χ2n) is 6.70. The Morgan fingerprint density at radius 1 is 1.22 bits per heavy atom. The van der Waals surface area contributed by atoms with Gasteiger partial charge in [-0.1, -0.05) is 30.3 Å². The highest BCUT2D eigenvalue weighted by atomic mass is 16.5. The standard InChI is InChI=1S/C18H25N3O2/c1-13(15-11-19-21(5)12-15)20-17(22)16(23-18(2,3)4)14-9-7-6-8-10-14/h6-13,16H,1-5H3,(H,20,22)/t13-,16+/m1/s1. The maximum atomic E-state index is 12.7. The zero-order valence-electron chi connectivity index (χ0n) is 14.4. The molecule has 1 N–H and O–H groups in total. The lowest BCUT2D eigenvalue weighted by Crippen LogP contribution is -2.36. The fourth-order valence-electron chi connectivity index (χ4n) is 2.29. The normalized spacial score (nSPS) is 14.3. The van der Waals surface area contributed by atoms with Crippen LogP contribution in [0, 0.1) is 0 Å². The number of hydrogen-bond donors (Lipinski definition) is 1. The van der Waals surface area contributed by atoms with Gasteiger partial charge >= 0.3 is 0 Å². The lowest BCUT2D eigenvalue weighted by molar-refractivity contribution is -0.144. The quantitative estimate of drug-likeness (QED) is 0.922. The van der Waals surface area contributed by atoms with Crippen LogP contribution in [-0.2, 0) is 16.6 Å². The maximum Gasteiger partial charge on any atom is 0.254 e. The minimum absolute atomic E-state index is 0.133. The smallest absolute Gasteiger partial charge is 0.254 e. The van der Waals surface area contributed by atoms with Gasteiger partial charge in [-0.25, -0.2) is 0 Å². The maximum absolute atomic E-state index is 12.7. The van der Waals surface area contributed by atoms with E-state index < -0.39 is 11.7 Å². The van der Waals surface area contributed by atoms with Gasteiger partial charge in [0.25, 0.3) is 5.91 Å². The summed E-state index contributed by atoms with van der Waals surface area (Å²) >= 11 is 0. The fraction of sp³-hybridized carbons (Fsp3) is 0.444. The predicted octanol–water partition coefficient (Wildman–Crippen LogP) is 3.15. The number of hydrogen-bond acceptors (Lipinski definition) is 3. The van der Waals surface area contributed by atoms with Gasteiger partial charge in [-0.2, -0.15) is 5.10 Å². The van der Waals surface area contributed by atoms with Crippen molar-refractivity contribution >= 4 is 5.91 Å². The number of aryl methyl sites for hydroxylation is 1. The Morgan fingerprint density at radius 2 is 1.87 bits per heavy atom. The largest absolute Gasteiger partial charge is 0.358 e. The summed E-state index contributed by atoms with van der Waals surface area (Å²) in [7, 11) is 1.85. The third-order valence-corrected chi connectivity index (χ3v) is 3.40. The predicted molar refractivity (Wildman–Crippen MR) is 89.8 cm³/mol. The summed E-state index contributed by atoms with van der Waals surface area (Å²) < 4.78 is 7.72. The Kier molecular flexibility index (Phi) is 5.21. The molecule has 2 rings (SSSR count). The summed E-state index contributed by atoms with van der Waals surface area (Å²) in [5, 5.41) is 7.15. The molecule has 5 nitrogen and oxygen atoms in total. The van der Waals surface area contributed by atoms with E-state index in [9.17, 15) is 4.79 Å². The number of nitrogens with zero attached hydrogens (tertiary/aromatic N) is 2. The van der Waals surface area contributed by atoms with Crippen molar-refractivity contribution in [2.24, 2.45) is 7.05 Å². The van der Waals surface area contributed by atoms with Crippen LogP contribution >= 0.6 is 0 Å². The van der Waals surface area contributed by atoms with Gasteiger partial charge in [-0.05, 0) is 33.3 Å². The molecular weight excluding hydrogens is 290 g/mol. The number of amides is 1. The Labute approximate surface area is 137 Å². The molecule has 2 aromatic rings. The topological polar surface area (TPSA) is 56.1 Å². The van der Waals surface area contributed by atoms with E-state index in [1.165, 1.54) is 0 Å². The first kappa shape index (κ1) is 17.2. The van der Waals surface area contributed by atoms with E-state index in [2.05, 4.69) is 10.4 Å². The summed E-state index contributed by atoms with van der Waals surface area (Å²) in [6, 6.07) is 9.42.